The highest BCUT2D eigenvalue weighted by Crippen LogP contribution is 2.14. The predicted octanol–water partition coefficient (Wildman–Crippen LogP) is 3.44. The number of rotatable bonds is 10. The minimum absolute atomic E-state index is 0.729. The van der Waals surface area contributed by atoms with Crippen molar-refractivity contribution in [3.63, 3.8) is 0 Å². The van der Waals surface area contributed by atoms with Crippen LogP contribution in [0.25, 0.3) is 0 Å². The lowest BCUT2D eigenvalue weighted by atomic mass is 10.4. The number of nitrogens with zero attached hydrogens (tertiary/aromatic N) is 2. The van der Waals surface area contributed by atoms with Crippen molar-refractivity contribution in [2.75, 3.05) is 18.8 Å². The minimum Gasteiger partial charge on any atom is -0.466 e. The minimum atomic E-state index is 0.729. The van der Waals surface area contributed by atoms with Gasteiger partial charge in [-0.05, 0) is 44.6 Å². The maximum Gasteiger partial charge on any atom is 0.166 e. The van der Waals surface area contributed by atoms with Crippen LogP contribution in [-0.2, 0) is 18.7 Å². The molecule has 0 unspecified atom stereocenters. The first-order valence-electron chi connectivity index (χ1n) is 8.76. The first-order chi connectivity index (χ1) is 12.1. The van der Waals surface area contributed by atoms with Gasteiger partial charge in [-0.2, -0.15) is 11.8 Å². The average Bonchev–Trinajstić information content (AvgIpc) is 3.16. The second kappa shape index (κ2) is 10.5. The van der Waals surface area contributed by atoms with E-state index in [1.54, 1.807) is 0 Å². The zero-order valence-corrected chi connectivity index (χ0v) is 16.9. The Labute approximate surface area is 160 Å². The van der Waals surface area contributed by atoms with Gasteiger partial charge in [-0.3, -0.25) is 0 Å². The van der Waals surface area contributed by atoms with Crippen molar-refractivity contribution in [1.82, 2.24) is 20.2 Å². The van der Waals surface area contributed by atoms with Gasteiger partial charge in [-0.25, -0.2) is 4.98 Å². The van der Waals surface area contributed by atoms with Crippen LogP contribution >= 0.6 is 24.0 Å². The molecule has 0 saturated carbocycles. The molecule has 0 amide bonds. The number of thiocarbonyl (C=S) groups is 1. The number of aryl methyl sites for hydroxylation is 4. The molecule has 0 fully saturated rings. The Balaban J connectivity index is 1.50. The third-order valence-electron chi connectivity index (χ3n) is 3.73. The van der Waals surface area contributed by atoms with Gasteiger partial charge < -0.3 is 19.6 Å². The van der Waals surface area contributed by atoms with Crippen LogP contribution in [0.2, 0.25) is 0 Å². The molecule has 0 spiro atoms. The van der Waals surface area contributed by atoms with Gasteiger partial charge >= 0.3 is 0 Å². The fourth-order valence-electron chi connectivity index (χ4n) is 2.56. The highest BCUT2D eigenvalue weighted by atomic mass is 32.2. The molecule has 25 heavy (non-hydrogen) atoms. The lowest BCUT2D eigenvalue weighted by Gasteiger charge is -2.11. The molecule has 0 saturated heterocycles. The normalized spacial score (nSPS) is 10.8. The zero-order chi connectivity index (χ0) is 18.1. The van der Waals surface area contributed by atoms with Crippen molar-refractivity contribution in [3.8, 4) is 0 Å². The molecule has 2 rings (SSSR count). The summed E-state index contributed by atoms with van der Waals surface area (Å²) in [5.41, 5.74) is 1.09. The van der Waals surface area contributed by atoms with Crippen LogP contribution in [0.15, 0.2) is 22.7 Å². The molecule has 0 aliphatic rings. The van der Waals surface area contributed by atoms with Crippen LogP contribution in [0.4, 0.5) is 0 Å². The summed E-state index contributed by atoms with van der Waals surface area (Å²) in [4.78, 5) is 4.52. The highest BCUT2D eigenvalue weighted by Gasteiger charge is 2.03. The van der Waals surface area contributed by atoms with Crippen molar-refractivity contribution in [2.24, 2.45) is 0 Å². The van der Waals surface area contributed by atoms with E-state index in [0.717, 1.165) is 72.1 Å². The van der Waals surface area contributed by atoms with Gasteiger partial charge in [0.15, 0.2) is 5.11 Å². The first kappa shape index (κ1) is 19.8. The summed E-state index contributed by atoms with van der Waals surface area (Å²) < 4.78 is 7.78. The van der Waals surface area contributed by atoms with Gasteiger partial charge in [0.1, 0.15) is 17.3 Å². The van der Waals surface area contributed by atoms with E-state index in [-0.39, 0.29) is 0 Å². The Kier molecular flexibility index (Phi) is 8.34. The third-order valence-corrected chi connectivity index (χ3v) is 5.00. The standard InChI is InChI=1S/C18H28N4OS2/c1-4-17-21-14(2)12-22(17)10-5-8-19-18(24)20-9-11-25-13-16-7-6-15(3)23-16/h6-7,12H,4-5,8-11,13H2,1-3H3,(H2,19,20,24). The molecule has 0 aromatic carbocycles. The molecule has 0 bridgehead atoms. The van der Waals surface area contributed by atoms with Crippen LogP contribution in [-0.4, -0.2) is 33.5 Å². The van der Waals surface area contributed by atoms with Gasteiger partial charge in [0.2, 0.25) is 0 Å². The van der Waals surface area contributed by atoms with E-state index in [0.29, 0.717) is 0 Å². The summed E-state index contributed by atoms with van der Waals surface area (Å²) in [6.45, 7) is 8.84. The predicted molar refractivity (Wildman–Crippen MR) is 109 cm³/mol. The Morgan fingerprint density at radius 2 is 2.08 bits per heavy atom. The molecule has 2 aromatic heterocycles. The molecule has 138 valence electrons. The summed E-state index contributed by atoms with van der Waals surface area (Å²) >= 11 is 7.15. The Bertz CT molecular complexity index is 666. The quantitative estimate of drug-likeness (QED) is 0.486. The second-order valence-corrected chi connectivity index (χ2v) is 7.46. The van der Waals surface area contributed by atoms with Crippen LogP contribution in [0, 0.1) is 13.8 Å². The zero-order valence-electron chi connectivity index (χ0n) is 15.3. The SMILES string of the molecule is CCc1nc(C)cn1CCCNC(=S)NCCSCc1ccc(C)o1. The summed E-state index contributed by atoms with van der Waals surface area (Å²) in [6, 6.07) is 4.04. The molecule has 0 atom stereocenters. The molecule has 5 nitrogen and oxygen atoms in total. The van der Waals surface area contributed by atoms with Gasteiger partial charge in [-0.15, -0.1) is 0 Å². The van der Waals surface area contributed by atoms with Crippen molar-refractivity contribution >= 4 is 29.1 Å². The average molecular weight is 381 g/mol. The van der Waals surface area contributed by atoms with Crippen molar-refractivity contribution < 1.29 is 4.42 Å². The van der Waals surface area contributed by atoms with E-state index < -0.39 is 0 Å². The Hall–Kier alpha value is -1.47. The van der Waals surface area contributed by atoms with Crippen LogP contribution in [0.3, 0.4) is 0 Å². The van der Waals surface area contributed by atoms with Gasteiger partial charge in [0.05, 0.1) is 11.4 Å². The number of nitrogens with one attached hydrogen (secondary N) is 2. The largest absolute Gasteiger partial charge is 0.466 e. The van der Waals surface area contributed by atoms with E-state index in [1.165, 1.54) is 0 Å². The molecular formula is C18H28N4OS2. The van der Waals surface area contributed by atoms with Gasteiger partial charge in [0, 0.05) is 38.0 Å². The highest BCUT2D eigenvalue weighted by molar-refractivity contribution is 7.98. The van der Waals surface area contributed by atoms with Gasteiger partial charge in [-0.1, -0.05) is 6.92 Å². The molecule has 2 aromatic rings. The van der Waals surface area contributed by atoms with Crippen molar-refractivity contribution in [3.05, 3.63) is 41.4 Å². The molecule has 0 radical (unpaired) electrons. The fourth-order valence-corrected chi connectivity index (χ4v) is 3.51. The van der Waals surface area contributed by atoms with E-state index in [1.807, 2.05) is 37.7 Å². The summed E-state index contributed by atoms with van der Waals surface area (Å²) in [7, 11) is 0. The number of furan rings is 1. The number of imidazole rings is 1. The van der Waals surface area contributed by atoms with Crippen LogP contribution in [0.1, 0.15) is 36.4 Å². The number of hydrogen-bond donors (Lipinski definition) is 2. The first-order valence-corrected chi connectivity index (χ1v) is 10.3. The molecule has 0 aliphatic heterocycles. The van der Waals surface area contributed by atoms with E-state index in [9.17, 15) is 0 Å². The molecule has 7 heteroatoms. The maximum absolute atomic E-state index is 5.55. The number of thioether (sulfide) groups is 1. The van der Waals surface area contributed by atoms with Crippen LogP contribution < -0.4 is 10.6 Å². The summed E-state index contributed by atoms with van der Waals surface area (Å²) in [6.07, 6.45) is 4.11. The Morgan fingerprint density at radius 1 is 1.28 bits per heavy atom. The third kappa shape index (κ3) is 7.12. The molecular weight excluding hydrogens is 352 g/mol. The molecule has 2 N–H and O–H groups in total. The van der Waals surface area contributed by atoms with Crippen molar-refractivity contribution in [2.45, 2.75) is 45.9 Å². The van der Waals surface area contributed by atoms with E-state index in [2.05, 4.69) is 33.3 Å². The maximum atomic E-state index is 5.55. The number of aromatic nitrogens is 2. The summed E-state index contributed by atoms with van der Waals surface area (Å²) in [5, 5.41) is 7.25. The fraction of sp³-hybridized carbons (Fsp3) is 0.556. The summed E-state index contributed by atoms with van der Waals surface area (Å²) in [5.74, 6) is 5.05. The molecule has 0 aliphatic carbocycles. The van der Waals surface area contributed by atoms with Crippen molar-refractivity contribution in [1.29, 1.82) is 0 Å². The monoisotopic (exact) mass is 380 g/mol. The van der Waals surface area contributed by atoms with Crippen LogP contribution in [0.5, 0.6) is 0 Å². The van der Waals surface area contributed by atoms with Gasteiger partial charge in [0.25, 0.3) is 0 Å². The Morgan fingerprint density at radius 3 is 2.80 bits per heavy atom. The smallest absolute Gasteiger partial charge is 0.166 e. The van der Waals surface area contributed by atoms with E-state index >= 15 is 0 Å². The molecule has 2 heterocycles. The van der Waals surface area contributed by atoms with E-state index in [4.69, 9.17) is 16.6 Å². The lowest BCUT2D eigenvalue weighted by Crippen LogP contribution is -2.37. The topological polar surface area (TPSA) is 55.0 Å². The second-order valence-electron chi connectivity index (χ2n) is 5.95. The number of hydrogen-bond acceptors (Lipinski definition) is 4. The lowest BCUT2D eigenvalue weighted by molar-refractivity contribution is 0.501.